The number of carbonyl (C=O) groups is 4. The van der Waals surface area contributed by atoms with Gasteiger partial charge in [-0.3, -0.25) is 14.4 Å². The van der Waals surface area contributed by atoms with Crippen LogP contribution in [-0.4, -0.2) is 88.9 Å². The van der Waals surface area contributed by atoms with Crippen molar-refractivity contribution >= 4 is 23.9 Å². The van der Waals surface area contributed by atoms with Gasteiger partial charge < -0.3 is 33.2 Å². The summed E-state index contributed by atoms with van der Waals surface area (Å²) in [7, 11) is 0. The zero-order valence-electron chi connectivity index (χ0n) is 18.8. The monoisotopic (exact) mass is 450 g/mol. The predicted octanol–water partition coefficient (Wildman–Crippen LogP) is 0.808. The molecule has 11 nitrogen and oxygen atoms in total. The second-order valence-corrected chi connectivity index (χ2v) is 6.11. The summed E-state index contributed by atoms with van der Waals surface area (Å²) >= 11 is 0. The Balaban J connectivity index is 5.34. The first-order valence-electron chi connectivity index (χ1n) is 10.2. The molecule has 0 radical (unpaired) electrons. The highest BCUT2D eigenvalue weighted by Gasteiger charge is 2.48. The van der Waals surface area contributed by atoms with Gasteiger partial charge in [-0.05, 0) is 20.8 Å². The third-order valence-electron chi connectivity index (χ3n) is 3.63. The van der Waals surface area contributed by atoms with Crippen LogP contribution in [0.3, 0.4) is 0 Å². The van der Waals surface area contributed by atoms with Gasteiger partial charge in [0.1, 0.15) is 19.8 Å². The van der Waals surface area contributed by atoms with Gasteiger partial charge in [-0.2, -0.15) is 0 Å². The van der Waals surface area contributed by atoms with Crippen LogP contribution in [-0.2, 0) is 52.3 Å². The molecule has 0 unspecified atom stereocenters. The first-order valence-corrected chi connectivity index (χ1v) is 10.2. The smallest absolute Gasteiger partial charge is 0.351 e. The highest BCUT2D eigenvalue weighted by atomic mass is 16.6. The van der Waals surface area contributed by atoms with Gasteiger partial charge in [0.15, 0.2) is 0 Å². The molecule has 31 heavy (non-hydrogen) atoms. The molecule has 0 rings (SSSR count). The number of ether oxygens (including phenoxy) is 7. The molecule has 0 aromatic heterocycles. The van der Waals surface area contributed by atoms with Crippen molar-refractivity contribution in [1.82, 2.24) is 0 Å². The van der Waals surface area contributed by atoms with Crippen molar-refractivity contribution in [2.75, 3.05) is 59.5 Å². The maximum atomic E-state index is 12.8. The second-order valence-electron chi connectivity index (χ2n) is 6.11. The Bertz CT molecular complexity index is 521. The van der Waals surface area contributed by atoms with E-state index in [1.54, 1.807) is 20.8 Å². The van der Waals surface area contributed by atoms with Crippen molar-refractivity contribution in [2.24, 2.45) is 0 Å². The van der Waals surface area contributed by atoms with Crippen LogP contribution in [0.25, 0.3) is 0 Å². The molecule has 0 atom stereocenters. The van der Waals surface area contributed by atoms with Crippen LogP contribution in [0.4, 0.5) is 0 Å². The van der Waals surface area contributed by atoms with Gasteiger partial charge >= 0.3 is 23.9 Å². The summed E-state index contributed by atoms with van der Waals surface area (Å²) in [6, 6.07) is 0. The van der Waals surface area contributed by atoms with Gasteiger partial charge in [-0.25, -0.2) is 4.79 Å². The lowest BCUT2D eigenvalue weighted by Crippen LogP contribution is -2.48. The van der Waals surface area contributed by atoms with Crippen LogP contribution in [0.1, 0.15) is 40.5 Å². The number of carbonyl (C=O) groups excluding carboxylic acids is 4. The summed E-state index contributed by atoms with van der Waals surface area (Å²) < 4.78 is 35.5. The SMILES string of the molecule is CCOCCOC(=O)CC(CC(=O)OCCOCC)(OC(C)=O)C(=O)OCCOCC. The molecule has 0 aliphatic carbocycles. The van der Waals surface area contributed by atoms with Gasteiger partial charge in [0.2, 0.25) is 5.60 Å². The molecule has 0 aromatic rings. The van der Waals surface area contributed by atoms with Crippen molar-refractivity contribution in [3.05, 3.63) is 0 Å². The van der Waals surface area contributed by atoms with Crippen molar-refractivity contribution in [3.8, 4) is 0 Å². The van der Waals surface area contributed by atoms with E-state index in [1.807, 2.05) is 0 Å². The fourth-order valence-corrected chi connectivity index (χ4v) is 2.35. The van der Waals surface area contributed by atoms with E-state index in [2.05, 4.69) is 0 Å². The average molecular weight is 450 g/mol. The minimum absolute atomic E-state index is 0.0684. The molecule has 0 saturated heterocycles. The Morgan fingerprint density at radius 3 is 1.35 bits per heavy atom. The summed E-state index contributed by atoms with van der Waals surface area (Å²) in [5, 5.41) is 0. The molecule has 0 aromatic carbocycles. The first-order chi connectivity index (χ1) is 14.8. The Hall–Kier alpha value is -2.24. The van der Waals surface area contributed by atoms with E-state index in [1.165, 1.54) is 0 Å². The van der Waals surface area contributed by atoms with Crippen molar-refractivity contribution < 1.29 is 52.3 Å². The van der Waals surface area contributed by atoms with Crippen molar-refractivity contribution in [2.45, 2.75) is 46.1 Å². The summed E-state index contributed by atoms with van der Waals surface area (Å²) in [5.41, 5.74) is -2.23. The van der Waals surface area contributed by atoms with Gasteiger partial charge in [0.25, 0.3) is 0 Å². The molecule has 0 aliphatic rings. The molecule has 180 valence electrons. The predicted molar refractivity (Wildman–Crippen MR) is 106 cm³/mol. The van der Waals surface area contributed by atoms with E-state index in [0.29, 0.717) is 19.8 Å². The minimum Gasteiger partial charge on any atom is -0.463 e. The Labute approximate surface area is 182 Å². The molecule has 0 N–H and O–H groups in total. The summed E-state index contributed by atoms with van der Waals surface area (Å²) in [5.74, 6) is -3.70. The molecule has 0 spiro atoms. The largest absolute Gasteiger partial charge is 0.463 e. The lowest BCUT2D eigenvalue weighted by atomic mass is 9.95. The molecular weight excluding hydrogens is 416 g/mol. The van der Waals surface area contributed by atoms with Gasteiger partial charge in [0.05, 0.1) is 32.7 Å². The Morgan fingerprint density at radius 2 is 1.00 bits per heavy atom. The van der Waals surface area contributed by atoms with Crippen LogP contribution in [0.15, 0.2) is 0 Å². The zero-order chi connectivity index (χ0) is 23.5. The molecular formula is C20H34O11. The van der Waals surface area contributed by atoms with E-state index >= 15 is 0 Å². The topological polar surface area (TPSA) is 133 Å². The third-order valence-corrected chi connectivity index (χ3v) is 3.63. The fraction of sp³-hybridized carbons (Fsp3) is 0.800. The number of rotatable bonds is 18. The first kappa shape index (κ1) is 28.8. The lowest BCUT2D eigenvalue weighted by Gasteiger charge is -2.29. The van der Waals surface area contributed by atoms with Crippen LogP contribution in [0, 0.1) is 0 Å². The molecule has 0 aliphatic heterocycles. The molecule has 0 bridgehead atoms. The Morgan fingerprint density at radius 1 is 0.613 bits per heavy atom. The van der Waals surface area contributed by atoms with Gasteiger partial charge in [-0.1, -0.05) is 0 Å². The number of hydrogen-bond acceptors (Lipinski definition) is 11. The zero-order valence-corrected chi connectivity index (χ0v) is 18.8. The van der Waals surface area contributed by atoms with E-state index in [-0.39, 0.29) is 39.6 Å². The van der Waals surface area contributed by atoms with Crippen LogP contribution in [0.2, 0.25) is 0 Å². The molecule has 0 fully saturated rings. The van der Waals surface area contributed by atoms with Crippen molar-refractivity contribution in [1.29, 1.82) is 0 Å². The Kier molecular flexibility index (Phi) is 16.2. The standard InChI is InChI=1S/C20H34O11/c1-5-25-8-11-28-17(22)14-20(31-16(4)21,19(24)30-13-10-27-7-3)15-18(23)29-12-9-26-6-2/h5-15H2,1-4H3. The number of esters is 4. The highest BCUT2D eigenvalue weighted by molar-refractivity contribution is 5.92. The van der Waals surface area contributed by atoms with E-state index in [0.717, 1.165) is 6.92 Å². The second kappa shape index (κ2) is 17.4. The quantitative estimate of drug-likeness (QED) is 0.167. The van der Waals surface area contributed by atoms with Crippen LogP contribution < -0.4 is 0 Å². The maximum Gasteiger partial charge on any atom is 0.351 e. The minimum atomic E-state index is -2.23. The van der Waals surface area contributed by atoms with Crippen LogP contribution in [0.5, 0.6) is 0 Å². The highest BCUT2D eigenvalue weighted by Crippen LogP contribution is 2.25. The summed E-state index contributed by atoms with van der Waals surface area (Å²) in [6.45, 7) is 7.76. The third kappa shape index (κ3) is 13.6. The van der Waals surface area contributed by atoms with Gasteiger partial charge in [-0.15, -0.1) is 0 Å². The van der Waals surface area contributed by atoms with E-state index in [9.17, 15) is 19.2 Å². The van der Waals surface area contributed by atoms with E-state index < -0.39 is 42.3 Å². The average Bonchev–Trinajstić information content (AvgIpc) is 2.71. The summed E-state index contributed by atoms with van der Waals surface area (Å²) in [4.78, 5) is 49.1. The van der Waals surface area contributed by atoms with Gasteiger partial charge in [0, 0.05) is 26.7 Å². The lowest BCUT2D eigenvalue weighted by molar-refractivity contribution is -0.191. The number of hydrogen-bond donors (Lipinski definition) is 0. The van der Waals surface area contributed by atoms with Crippen molar-refractivity contribution in [3.63, 3.8) is 0 Å². The fourth-order valence-electron chi connectivity index (χ4n) is 2.35. The summed E-state index contributed by atoms with van der Waals surface area (Å²) in [6.07, 6.45) is -1.46. The maximum absolute atomic E-state index is 12.8. The molecule has 0 amide bonds. The molecule has 0 heterocycles. The van der Waals surface area contributed by atoms with E-state index in [4.69, 9.17) is 33.2 Å². The van der Waals surface area contributed by atoms with Crippen LogP contribution >= 0.6 is 0 Å². The molecule has 0 saturated carbocycles. The normalized spacial score (nSPS) is 11.0. The molecule has 11 heteroatoms.